The van der Waals surface area contributed by atoms with Crippen LogP contribution in [0.15, 0.2) is 24.3 Å². The van der Waals surface area contributed by atoms with E-state index in [0.717, 1.165) is 26.2 Å². The Balaban J connectivity index is 1.62. The molecule has 2 saturated heterocycles. The van der Waals surface area contributed by atoms with E-state index < -0.39 is 0 Å². The smallest absolute Gasteiger partial charge is 0.0602 e. The maximum Gasteiger partial charge on any atom is 0.0602 e. The summed E-state index contributed by atoms with van der Waals surface area (Å²) in [5.41, 5.74) is 2.70. The SMILES string of the molecule is CC(C)N1CCC(Nc2ccccc2N2CCN(C)CC2)CC1. The van der Waals surface area contributed by atoms with Crippen LogP contribution >= 0.6 is 0 Å². The Hall–Kier alpha value is -1.26. The number of benzene rings is 1. The van der Waals surface area contributed by atoms with Crippen molar-refractivity contribution in [1.82, 2.24) is 9.80 Å². The molecule has 0 amide bonds. The van der Waals surface area contributed by atoms with Gasteiger partial charge in [-0.15, -0.1) is 0 Å². The van der Waals surface area contributed by atoms with E-state index in [4.69, 9.17) is 0 Å². The predicted octanol–water partition coefficient (Wildman–Crippen LogP) is 2.72. The highest BCUT2D eigenvalue weighted by molar-refractivity contribution is 5.70. The molecule has 0 radical (unpaired) electrons. The predicted molar refractivity (Wildman–Crippen MR) is 99.5 cm³/mol. The summed E-state index contributed by atoms with van der Waals surface area (Å²) < 4.78 is 0. The Labute approximate surface area is 141 Å². The largest absolute Gasteiger partial charge is 0.381 e. The van der Waals surface area contributed by atoms with Crippen molar-refractivity contribution in [3.63, 3.8) is 0 Å². The molecule has 2 heterocycles. The molecule has 1 aromatic rings. The molecule has 4 heteroatoms. The highest BCUT2D eigenvalue weighted by Gasteiger charge is 2.22. The maximum absolute atomic E-state index is 3.84. The zero-order valence-electron chi connectivity index (χ0n) is 15.0. The van der Waals surface area contributed by atoms with E-state index in [1.54, 1.807) is 0 Å². The second kappa shape index (κ2) is 7.54. The van der Waals surface area contributed by atoms with E-state index in [9.17, 15) is 0 Å². The number of hydrogen-bond acceptors (Lipinski definition) is 4. The van der Waals surface area contributed by atoms with E-state index in [2.05, 4.69) is 65.2 Å². The average Bonchev–Trinajstić information content (AvgIpc) is 2.57. The van der Waals surface area contributed by atoms with E-state index >= 15 is 0 Å². The minimum atomic E-state index is 0.610. The molecule has 1 aromatic carbocycles. The summed E-state index contributed by atoms with van der Waals surface area (Å²) in [7, 11) is 2.21. The van der Waals surface area contributed by atoms with Crippen molar-refractivity contribution in [3.05, 3.63) is 24.3 Å². The summed E-state index contributed by atoms with van der Waals surface area (Å²) >= 11 is 0. The topological polar surface area (TPSA) is 21.8 Å². The fourth-order valence-electron chi connectivity index (χ4n) is 3.70. The zero-order chi connectivity index (χ0) is 16.2. The summed E-state index contributed by atoms with van der Waals surface area (Å²) in [5, 5.41) is 3.84. The summed E-state index contributed by atoms with van der Waals surface area (Å²) in [6.45, 7) is 11.6. The molecule has 0 unspecified atom stereocenters. The fourth-order valence-corrected chi connectivity index (χ4v) is 3.70. The molecule has 2 aliphatic rings. The van der Waals surface area contributed by atoms with Crippen LogP contribution < -0.4 is 10.2 Å². The maximum atomic E-state index is 3.84. The number of rotatable bonds is 4. The third-order valence-corrected chi connectivity index (χ3v) is 5.37. The Kier molecular flexibility index (Phi) is 5.44. The van der Waals surface area contributed by atoms with Gasteiger partial charge in [0.15, 0.2) is 0 Å². The Morgan fingerprint density at radius 3 is 2.26 bits per heavy atom. The number of para-hydroxylation sites is 2. The van der Waals surface area contributed by atoms with Crippen molar-refractivity contribution in [1.29, 1.82) is 0 Å². The minimum Gasteiger partial charge on any atom is -0.381 e. The van der Waals surface area contributed by atoms with Gasteiger partial charge in [-0.3, -0.25) is 0 Å². The van der Waals surface area contributed by atoms with Gasteiger partial charge in [-0.1, -0.05) is 12.1 Å². The second-order valence-electron chi connectivity index (χ2n) is 7.36. The number of likely N-dealkylation sites (N-methyl/N-ethyl adjacent to an activating group) is 1. The minimum absolute atomic E-state index is 0.610. The molecule has 3 rings (SSSR count). The first kappa shape index (κ1) is 16.6. The van der Waals surface area contributed by atoms with Crippen molar-refractivity contribution in [2.24, 2.45) is 0 Å². The second-order valence-corrected chi connectivity index (χ2v) is 7.36. The molecule has 2 aliphatic heterocycles. The van der Waals surface area contributed by atoms with Gasteiger partial charge in [-0.05, 0) is 45.9 Å². The van der Waals surface area contributed by atoms with Gasteiger partial charge < -0.3 is 20.0 Å². The van der Waals surface area contributed by atoms with Crippen molar-refractivity contribution in [2.45, 2.75) is 38.8 Å². The van der Waals surface area contributed by atoms with Gasteiger partial charge in [-0.25, -0.2) is 0 Å². The van der Waals surface area contributed by atoms with Crippen molar-refractivity contribution < 1.29 is 0 Å². The third-order valence-electron chi connectivity index (χ3n) is 5.37. The number of piperazine rings is 1. The molecule has 1 N–H and O–H groups in total. The molecule has 23 heavy (non-hydrogen) atoms. The Bertz CT molecular complexity index is 486. The molecule has 0 saturated carbocycles. The van der Waals surface area contributed by atoms with Crippen LogP contribution in [-0.4, -0.2) is 68.2 Å². The van der Waals surface area contributed by atoms with Gasteiger partial charge in [-0.2, -0.15) is 0 Å². The van der Waals surface area contributed by atoms with Gasteiger partial charge in [0.25, 0.3) is 0 Å². The molecule has 0 atom stereocenters. The highest BCUT2D eigenvalue weighted by atomic mass is 15.3. The van der Waals surface area contributed by atoms with Crippen molar-refractivity contribution in [2.75, 3.05) is 56.5 Å². The number of nitrogens with zero attached hydrogens (tertiary/aromatic N) is 3. The van der Waals surface area contributed by atoms with Crippen LogP contribution in [0.3, 0.4) is 0 Å². The molecule has 128 valence electrons. The van der Waals surface area contributed by atoms with Gasteiger partial charge in [0, 0.05) is 51.4 Å². The lowest BCUT2D eigenvalue weighted by molar-refractivity contribution is 0.177. The number of hydrogen-bond donors (Lipinski definition) is 1. The number of likely N-dealkylation sites (tertiary alicyclic amines) is 1. The Morgan fingerprint density at radius 2 is 1.61 bits per heavy atom. The normalized spacial score (nSPS) is 21.8. The lowest BCUT2D eigenvalue weighted by Crippen LogP contribution is -2.45. The zero-order valence-corrected chi connectivity index (χ0v) is 15.0. The molecular formula is C19H32N4. The van der Waals surface area contributed by atoms with Crippen LogP contribution in [0.2, 0.25) is 0 Å². The number of anilines is 2. The number of piperidine rings is 1. The van der Waals surface area contributed by atoms with E-state index in [1.807, 2.05) is 0 Å². The quantitative estimate of drug-likeness (QED) is 0.922. The van der Waals surface area contributed by atoms with Crippen LogP contribution in [-0.2, 0) is 0 Å². The lowest BCUT2D eigenvalue weighted by atomic mass is 10.0. The van der Waals surface area contributed by atoms with Crippen molar-refractivity contribution >= 4 is 11.4 Å². The van der Waals surface area contributed by atoms with E-state index in [0.29, 0.717) is 12.1 Å². The monoisotopic (exact) mass is 316 g/mol. The molecule has 4 nitrogen and oxygen atoms in total. The third kappa shape index (κ3) is 4.18. The summed E-state index contributed by atoms with van der Waals surface area (Å²) in [6.07, 6.45) is 2.49. The van der Waals surface area contributed by atoms with Crippen LogP contribution in [0.5, 0.6) is 0 Å². The first-order chi connectivity index (χ1) is 11.1. The first-order valence-corrected chi connectivity index (χ1v) is 9.16. The first-order valence-electron chi connectivity index (χ1n) is 9.16. The van der Waals surface area contributed by atoms with Gasteiger partial charge in [0.2, 0.25) is 0 Å². The van der Waals surface area contributed by atoms with Crippen LogP contribution in [0.25, 0.3) is 0 Å². The summed E-state index contributed by atoms with van der Waals surface area (Å²) in [4.78, 5) is 7.53. The van der Waals surface area contributed by atoms with E-state index in [-0.39, 0.29) is 0 Å². The number of nitrogens with one attached hydrogen (secondary N) is 1. The van der Waals surface area contributed by atoms with Gasteiger partial charge >= 0.3 is 0 Å². The highest BCUT2D eigenvalue weighted by Crippen LogP contribution is 2.28. The summed E-state index contributed by atoms with van der Waals surface area (Å²) in [5.74, 6) is 0. The molecule has 0 bridgehead atoms. The summed E-state index contributed by atoms with van der Waals surface area (Å²) in [6, 6.07) is 10.1. The van der Waals surface area contributed by atoms with Gasteiger partial charge in [0.05, 0.1) is 11.4 Å². The fraction of sp³-hybridized carbons (Fsp3) is 0.684. The van der Waals surface area contributed by atoms with E-state index in [1.165, 1.54) is 37.3 Å². The lowest BCUT2D eigenvalue weighted by Gasteiger charge is -2.38. The average molecular weight is 316 g/mol. The molecule has 2 fully saturated rings. The molecule has 0 aromatic heterocycles. The van der Waals surface area contributed by atoms with Crippen LogP contribution in [0.1, 0.15) is 26.7 Å². The van der Waals surface area contributed by atoms with Crippen molar-refractivity contribution in [3.8, 4) is 0 Å². The molecule has 0 aliphatic carbocycles. The molecular weight excluding hydrogens is 284 g/mol. The standard InChI is InChI=1S/C19H32N4/c1-16(2)22-10-8-17(9-11-22)20-18-6-4-5-7-19(18)23-14-12-21(3)13-15-23/h4-7,16-17,20H,8-15H2,1-3H3. The van der Waals surface area contributed by atoms with Crippen LogP contribution in [0, 0.1) is 0 Å². The van der Waals surface area contributed by atoms with Crippen LogP contribution in [0.4, 0.5) is 11.4 Å². The Morgan fingerprint density at radius 1 is 0.957 bits per heavy atom. The molecule has 0 spiro atoms. The van der Waals surface area contributed by atoms with Gasteiger partial charge in [0.1, 0.15) is 0 Å².